The summed E-state index contributed by atoms with van der Waals surface area (Å²) >= 11 is 1.79. The first kappa shape index (κ1) is 12.9. The molecule has 1 aromatic carbocycles. The summed E-state index contributed by atoms with van der Waals surface area (Å²) in [4.78, 5) is 0.242. The Kier molecular flexibility index (Phi) is 4.12. The van der Waals surface area contributed by atoms with E-state index in [-0.39, 0.29) is 4.90 Å². The Labute approximate surface area is 107 Å². The minimum absolute atomic E-state index is 0.242. The third kappa shape index (κ3) is 3.47. The maximum atomic E-state index is 11.9. The molecule has 94 valence electrons. The molecule has 0 N–H and O–H groups in total. The average Bonchev–Trinajstić information content (AvgIpc) is 2.80. The quantitative estimate of drug-likeness (QED) is 0.790. The minimum atomic E-state index is -3.58. The summed E-state index contributed by atoms with van der Waals surface area (Å²) in [5, 5.41) is 0.329. The molecule has 1 saturated heterocycles. The van der Waals surface area contributed by atoms with Gasteiger partial charge in [0.2, 0.25) is 0 Å². The predicted molar refractivity (Wildman–Crippen MR) is 69.8 cm³/mol. The molecule has 0 radical (unpaired) electrons. The zero-order valence-corrected chi connectivity index (χ0v) is 11.4. The van der Waals surface area contributed by atoms with Crippen LogP contribution < -0.4 is 0 Å². The van der Waals surface area contributed by atoms with Gasteiger partial charge in [-0.3, -0.25) is 4.18 Å². The van der Waals surface area contributed by atoms with Gasteiger partial charge in [-0.25, -0.2) is 0 Å². The van der Waals surface area contributed by atoms with Gasteiger partial charge in [0.05, 0.1) is 11.5 Å². The summed E-state index contributed by atoms with van der Waals surface area (Å²) in [7, 11) is -3.58. The third-order valence-electron chi connectivity index (χ3n) is 2.74. The van der Waals surface area contributed by atoms with Gasteiger partial charge in [-0.2, -0.15) is 20.2 Å². The van der Waals surface area contributed by atoms with Gasteiger partial charge in [0.1, 0.15) is 0 Å². The summed E-state index contributed by atoms with van der Waals surface area (Å²) in [5.74, 6) is 1.11. The molecule has 0 bridgehead atoms. The molecule has 0 aromatic heterocycles. The van der Waals surface area contributed by atoms with Crippen LogP contribution in [0.4, 0.5) is 0 Å². The van der Waals surface area contributed by atoms with Crippen LogP contribution >= 0.6 is 11.8 Å². The van der Waals surface area contributed by atoms with Crippen molar-refractivity contribution in [1.82, 2.24) is 0 Å². The van der Waals surface area contributed by atoms with Gasteiger partial charge in [-0.1, -0.05) is 17.7 Å². The van der Waals surface area contributed by atoms with Crippen molar-refractivity contribution < 1.29 is 12.6 Å². The summed E-state index contributed by atoms with van der Waals surface area (Å²) in [6.07, 6.45) is 2.21. The Hall–Kier alpha value is -0.520. The van der Waals surface area contributed by atoms with E-state index >= 15 is 0 Å². The normalized spacial score (nSPS) is 20.6. The molecule has 0 amide bonds. The molecule has 1 atom stereocenters. The van der Waals surface area contributed by atoms with Crippen molar-refractivity contribution >= 4 is 21.9 Å². The smallest absolute Gasteiger partial charge is 0.265 e. The second-order valence-corrected chi connectivity index (χ2v) is 7.21. The zero-order chi connectivity index (χ0) is 12.3. The van der Waals surface area contributed by atoms with E-state index in [9.17, 15) is 8.42 Å². The number of hydrogen-bond donors (Lipinski definition) is 0. The second kappa shape index (κ2) is 5.42. The van der Waals surface area contributed by atoms with Crippen LogP contribution in [0.1, 0.15) is 18.4 Å². The summed E-state index contributed by atoms with van der Waals surface area (Å²) in [5.41, 5.74) is 1.04. The molecule has 0 saturated carbocycles. The fourth-order valence-corrected chi connectivity index (χ4v) is 3.91. The SMILES string of the molecule is Cc1ccc(S(=O)(=O)OCC2CCCS2)cc1. The van der Waals surface area contributed by atoms with Crippen LogP contribution in [-0.2, 0) is 14.3 Å². The van der Waals surface area contributed by atoms with Gasteiger partial charge >= 0.3 is 0 Å². The predicted octanol–water partition coefficient (Wildman–Crippen LogP) is 2.60. The van der Waals surface area contributed by atoms with Crippen molar-refractivity contribution in [2.45, 2.75) is 29.9 Å². The van der Waals surface area contributed by atoms with Gasteiger partial charge in [-0.05, 0) is 37.7 Å². The number of rotatable bonds is 4. The molecule has 17 heavy (non-hydrogen) atoms. The van der Waals surface area contributed by atoms with E-state index in [2.05, 4.69) is 0 Å². The van der Waals surface area contributed by atoms with Crippen LogP contribution in [0, 0.1) is 6.92 Å². The van der Waals surface area contributed by atoms with Gasteiger partial charge in [-0.15, -0.1) is 0 Å². The number of benzene rings is 1. The highest BCUT2D eigenvalue weighted by molar-refractivity contribution is 8.00. The van der Waals surface area contributed by atoms with E-state index in [1.165, 1.54) is 0 Å². The monoisotopic (exact) mass is 272 g/mol. The number of hydrogen-bond acceptors (Lipinski definition) is 4. The average molecular weight is 272 g/mol. The largest absolute Gasteiger partial charge is 0.297 e. The first-order valence-electron chi connectivity index (χ1n) is 5.66. The second-order valence-electron chi connectivity index (χ2n) is 4.19. The Morgan fingerprint density at radius 1 is 1.35 bits per heavy atom. The van der Waals surface area contributed by atoms with E-state index in [1.807, 2.05) is 6.92 Å². The van der Waals surface area contributed by atoms with Crippen LogP contribution in [0.15, 0.2) is 29.2 Å². The molecule has 1 unspecified atom stereocenters. The molecule has 1 aromatic rings. The maximum Gasteiger partial charge on any atom is 0.297 e. The molecule has 5 heteroatoms. The Morgan fingerprint density at radius 2 is 2.06 bits per heavy atom. The van der Waals surface area contributed by atoms with Crippen LogP contribution in [0.2, 0.25) is 0 Å². The lowest BCUT2D eigenvalue weighted by Gasteiger charge is -2.09. The van der Waals surface area contributed by atoms with Crippen molar-refractivity contribution in [3.8, 4) is 0 Å². The molecule has 0 spiro atoms. The number of thioether (sulfide) groups is 1. The van der Waals surface area contributed by atoms with Crippen LogP contribution in [-0.4, -0.2) is 26.0 Å². The van der Waals surface area contributed by atoms with Gasteiger partial charge in [0.15, 0.2) is 0 Å². The molecular formula is C12H16O3S2. The third-order valence-corrected chi connectivity index (χ3v) is 5.41. The fourth-order valence-electron chi connectivity index (χ4n) is 1.71. The van der Waals surface area contributed by atoms with E-state index in [4.69, 9.17) is 4.18 Å². The first-order valence-corrected chi connectivity index (χ1v) is 8.11. The van der Waals surface area contributed by atoms with Crippen molar-refractivity contribution in [3.63, 3.8) is 0 Å². The topological polar surface area (TPSA) is 43.4 Å². The highest BCUT2D eigenvalue weighted by Crippen LogP contribution is 2.27. The molecule has 1 aliphatic heterocycles. The molecule has 1 aliphatic rings. The van der Waals surface area contributed by atoms with Gasteiger partial charge in [0, 0.05) is 5.25 Å². The lowest BCUT2D eigenvalue weighted by atomic mass is 10.2. The molecule has 0 aliphatic carbocycles. The van der Waals surface area contributed by atoms with E-state index in [0.717, 1.165) is 24.2 Å². The van der Waals surface area contributed by atoms with E-state index in [1.54, 1.807) is 36.0 Å². The Balaban J connectivity index is 2.00. The van der Waals surface area contributed by atoms with E-state index < -0.39 is 10.1 Å². The molecular weight excluding hydrogens is 256 g/mol. The lowest BCUT2D eigenvalue weighted by molar-refractivity contribution is 0.316. The molecule has 1 heterocycles. The molecule has 3 nitrogen and oxygen atoms in total. The van der Waals surface area contributed by atoms with E-state index in [0.29, 0.717) is 11.9 Å². The number of aryl methyl sites for hydroxylation is 1. The maximum absolute atomic E-state index is 11.9. The molecule has 2 rings (SSSR count). The zero-order valence-electron chi connectivity index (χ0n) is 9.76. The highest BCUT2D eigenvalue weighted by atomic mass is 32.2. The summed E-state index contributed by atoms with van der Waals surface area (Å²) < 4.78 is 28.8. The lowest BCUT2D eigenvalue weighted by Crippen LogP contribution is -2.14. The first-order chi connectivity index (χ1) is 8.08. The van der Waals surface area contributed by atoms with Gasteiger partial charge < -0.3 is 0 Å². The Bertz CT molecular complexity index is 459. The van der Waals surface area contributed by atoms with Crippen molar-refractivity contribution in [1.29, 1.82) is 0 Å². The van der Waals surface area contributed by atoms with Gasteiger partial charge in [0.25, 0.3) is 10.1 Å². The minimum Gasteiger partial charge on any atom is -0.265 e. The molecule has 1 fully saturated rings. The Morgan fingerprint density at radius 3 is 2.65 bits per heavy atom. The fraction of sp³-hybridized carbons (Fsp3) is 0.500. The standard InChI is InChI=1S/C12H16O3S2/c1-10-4-6-12(7-5-10)17(13,14)15-9-11-3-2-8-16-11/h4-7,11H,2-3,8-9H2,1H3. The van der Waals surface area contributed by atoms with Crippen LogP contribution in [0.3, 0.4) is 0 Å². The van der Waals surface area contributed by atoms with Crippen molar-refractivity contribution in [3.05, 3.63) is 29.8 Å². The van der Waals surface area contributed by atoms with Crippen molar-refractivity contribution in [2.24, 2.45) is 0 Å². The highest BCUT2D eigenvalue weighted by Gasteiger charge is 2.21. The van der Waals surface area contributed by atoms with Crippen molar-refractivity contribution in [2.75, 3.05) is 12.4 Å². The van der Waals surface area contributed by atoms with Crippen LogP contribution in [0.25, 0.3) is 0 Å². The summed E-state index contributed by atoms with van der Waals surface area (Å²) in [6, 6.07) is 6.74. The van der Waals surface area contributed by atoms with Crippen LogP contribution in [0.5, 0.6) is 0 Å². The summed E-state index contributed by atoms with van der Waals surface area (Å²) in [6.45, 7) is 2.22.